The molecular formula is C15H19FO2. The van der Waals surface area contributed by atoms with Crippen molar-refractivity contribution in [3.05, 3.63) is 35.6 Å². The molecule has 0 N–H and O–H groups in total. The molecule has 2 rings (SSSR count). The van der Waals surface area contributed by atoms with Crippen LogP contribution in [0.5, 0.6) is 0 Å². The Balaban J connectivity index is 2.04. The van der Waals surface area contributed by atoms with E-state index in [1.165, 1.54) is 12.1 Å². The van der Waals surface area contributed by atoms with E-state index in [-0.39, 0.29) is 17.2 Å². The minimum absolute atomic E-state index is 0.126. The molecule has 2 nitrogen and oxygen atoms in total. The molecule has 0 heterocycles. The van der Waals surface area contributed by atoms with E-state index in [1.54, 1.807) is 12.1 Å². The Labute approximate surface area is 107 Å². The highest BCUT2D eigenvalue weighted by Gasteiger charge is 2.51. The van der Waals surface area contributed by atoms with E-state index in [0.29, 0.717) is 6.42 Å². The lowest BCUT2D eigenvalue weighted by molar-refractivity contribution is -0.161. The van der Waals surface area contributed by atoms with Gasteiger partial charge in [-0.3, -0.25) is 4.79 Å². The van der Waals surface area contributed by atoms with Gasteiger partial charge in [0.05, 0.1) is 5.41 Å². The Morgan fingerprint density at radius 2 is 1.83 bits per heavy atom. The first-order valence-corrected chi connectivity index (χ1v) is 6.29. The number of hydrogen-bond donors (Lipinski definition) is 0. The highest BCUT2D eigenvalue weighted by Crippen LogP contribution is 2.50. The van der Waals surface area contributed by atoms with Crippen LogP contribution in [-0.4, -0.2) is 11.6 Å². The van der Waals surface area contributed by atoms with E-state index in [2.05, 4.69) is 0 Å². The molecule has 1 aromatic rings. The first-order valence-electron chi connectivity index (χ1n) is 6.29. The van der Waals surface area contributed by atoms with Gasteiger partial charge < -0.3 is 4.74 Å². The summed E-state index contributed by atoms with van der Waals surface area (Å²) in [5.74, 6) is -0.375. The molecule has 0 radical (unpaired) electrons. The van der Waals surface area contributed by atoms with E-state index in [9.17, 15) is 9.18 Å². The summed E-state index contributed by atoms with van der Waals surface area (Å²) >= 11 is 0. The predicted octanol–water partition coefficient (Wildman–Crippen LogP) is 3.49. The van der Waals surface area contributed by atoms with E-state index in [4.69, 9.17) is 4.74 Å². The van der Waals surface area contributed by atoms with Crippen LogP contribution in [0.15, 0.2) is 24.3 Å². The number of rotatable bonds is 3. The normalized spacial score (nSPS) is 17.3. The third-order valence-electron chi connectivity index (χ3n) is 3.14. The Hall–Kier alpha value is -1.38. The van der Waals surface area contributed by atoms with Crippen LogP contribution in [0.1, 0.15) is 39.2 Å². The Morgan fingerprint density at radius 1 is 1.28 bits per heavy atom. The molecule has 3 heteroatoms. The average molecular weight is 250 g/mol. The van der Waals surface area contributed by atoms with Crippen molar-refractivity contribution in [1.29, 1.82) is 0 Å². The summed E-state index contributed by atoms with van der Waals surface area (Å²) < 4.78 is 18.3. The predicted molar refractivity (Wildman–Crippen MR) is 67.6 cm³/mol. The fourth-order valence-corrected chi connectivity index (χ4v) is 1.98. The molecule has 0 aliphatic heterocycles. The molecule has 0 bridgehead atoms. The minimum atomic E-state index is -0.449. The Bertz CT molecular complexity index is 439. The van der Waals surface area contributed by atoms with Crippen LogP contribution in [0.3, 0.4) is 0 Å². The van der Waals surface area contributed by atoms with Gasteiger partial charge in [-0.25, -0.2) is 4.39 Å². The van der Waals surface area contributed by atoms with Crippen molar-refractivity contribution in [2.24, 2.45) is 5.41 Å². The summed E-state index contributed by atoms with van der Waals surface area (Å²) in [5.41, 5.74) is 0.167. The molecule has 18 heavy (non-hydrogen) atoms. The van der Waals surface area contributed by atoms with Crippen LogP contribution in [-0.2, 0) is 16.0 Å². The summed E-state index contributed by atoms with van der Waals surface area (Å²) in [6, 6.07) is 6.33. The van der Waals surface area contributed by atoms with Gasteiger partial charge in [-0.15, -0.1) is 0 Å². The first-order chi connectivity index (χ1) is 8.31. The first kappa shape index (κ1) is 13.1. The van der Waals surface area contributed by atoms with Crippen molar-refractivity contribution in [1.82, 2.24) is 0 Å². The maximum Gasteiger partial charge on any atom is 0.312 e. The molecule has 1 fully saturated rings. The largest absolute Gasteiger partial charge is 0.460 e. The monoisotopic (exact) mass is 250 g/mol. The average Bonchev–Trinajstić information content (AvgIpc) is 3.00. The zero-order valence-corrected chi connectivity index (χ0v) is 11.1. The molecular weight excluding hydrogens is 231 g/mol. The van der Waals surface area contributed by atoms with Gasteiger partial charge in [0, 0.05) is 0 Å². The van der Waals surface area contributed by atoms with E-state index >= 15 is 0 Å². The van der Waals surface area contributed by atoms with Crippen LogP contribution in [0, 0.1) is 11.2 Å². The van der Waals surface area contributed by atoms with Crippen LogP contribution < -0.4 is 0 Å². The van der Waals surface area contributed by atoms with Crippen molar-refractivity contribution in [3.8, 4) is 0 Å². The number of esters is 1. The standard InChI is InChI=1S/C15H19FO2/c1-14(2,3)18-13(17)15(8-9-15)10-11-4-6-12(16)7-5-11/h4-7H,8-10H2,1-3H3. The number of hydrogen-bond acceptors (Lipinski definition) is 2. The fraction of sp³-hybridized carbons (Fsp3) is 0.533. The van der Waals surface area contributed by atoms with E-state index < -0.39 is 5.60 Å². The van der Waals surface area contributed by atoms with Crippen LogP contribution in [0.4, 0.5) is 4.39 Å². The Kier molecular flexibility index (Phi) is 3.18. The molecule has 1 aliphatic rings. The molecule has 1 aliphatic carbocycles. The van der Waals surface area contributed by atoms with Gasteiger partial charge in [-0.2, -0.15) is 0 Å². The van der Waals surface area contributed by atoms with Crippen molar-refractivity contribution in [2.45, 2.75) is 45.6 Å². The molecule has 0 aromatic heterocycles. The lowest BCUT2D eigenvalue weighted by Crippen LogP contribution is -2.30. The fourth-order valence-electron chi connectivity index (χ4n) is 1.98. The maximum absolute atomic E-state index is 12.8. The topological polar surface area (TPSA) is 26.3 Å². The molecule has 1 saturated carbocycles. The summed E-state index contributed by atoms with van der Waals surface area (Å²) in [6.45, 7) is 5.62. The van der Waals surface area contributed by atoms with Crippen molar-refractivity contribution < 1.29 is 13.9 Å². The second-order valence-corrected chi connectivity index (χ2v) is 6.09. The molecule has 0 atom stereocenters. The van der Waals surface area contributed by atoms with E-state index in [1.807, 2.05) is 20.8 Å². The van der Waals surface area contributed by atoms with Crippen molar-refractivity contribution in [2.75, 3.05) is 0 Å². The zero-order valence-electron chi connectivity index (χ0n) is 11.1. The quantitative estimate of drug-likeness (QED) is 0.768. The summed E-state index contributed by atoms with van der Waals surface area (Å²) in [7, 11) is 0. The lowest BCUT2D eigenvalue weighted by Gasteiger charge is -2.23. The van der Waals surface area contributed by atoms with E-state index in [0.717, 1.165) is 18.4 Å². The molecule has 1 aromatic carbocycles. The summed E-state index contributed by atoms with van der Waals surface area (Å²) in [4.78, 5) is 12.1. The summed E-state index contributed by atoms with van der Waals surface area (Å²) in [6.07, 6.45) is 2.36. The van der Waals surface area contributed by atoms with Crippen molar-refractivity contribution >= 4 is 5.97 Å². The molecule has 0 amide bonds. The van der Waals surface area contributed by atoms with Crippen LogP contribution in [0.25, 0.3) is 0 Å². The highest BCUT2D eigenvalue weighted by atomic mass is 19.1. The number of carbonyl (C=O) groups is 1. The van der Waals surface area contributed by atoms with Gasteiger partial charge in [0.25, 0.3) is 0 Å². The second-order valence-electron chi connectivity index (χ2n) is 6.09. The van der Waals surface area contributed by atoms with Gasteiger partial charge in [-0.05, 0) is 57.7 Å². The van der Waals surface area contributed by atoms with Gasteiger partial charge in [0.2, 0.25) is 0 Å². The third kappa shape index (κ3) is 3.09. The Morgan fingerprint density at radius 3 is 2.28 bits per heavy atom. The van der Waals surface area contributed by atoms with Gasteiger partial charge in [0.15, 0.2) is 0 Å². The smallest absolute Gasteiger partial charge is 0.312 e. The number of ether oxygens (including phenoxy) is 1. The van der Waals surface area contributed by atoms with Crippen LogP contribution in [0.2, 0.25) is 0 Å². The minimum Gasteiger partial charge on any atom is -0.460 e. The summed E-state index contributed by atoms with van der Waals surface area (Å²) in [5, 5.41) is 0. The second kappa shape index (κ2) is 4.38. The molecule has 0 saturated heterocycles. The zero-order chi connectivity index (χ0) is 13.4. The van der Waals surface area contributed by atoms with Gasteiger partial charge in [-0.1, -0.05) is 12.1 Å². The van der Waals surface area contributed by atoms with Gasteiger partial charge >= 0.3 is 5.97 Å². The molecule has 0 unspecified atom stereocenters. The molecule has 0 spiro atoms. The van der Waals surface area contributed by atoms with Gasteiger partial charge in [0.1, 0.15) is 11.4 Å². The van der Waals surface area contributed by atoms with Crippen molar-refractivity contribution in [3.63, 3.8) is 0 Å². The third-order valence-corrected chi connectivity index (χ3v) is 3.14. The van der Waals surface area contributed by atoms with Crippen LogP contribution >= 0.6 is 0 Å². The number of carbonyl (C=O) groups excluding carboxylic acids is 1. The highest BCUT2D eigenvalue weighted by molar-refractivity contribution is 5.80. The SMILES string of the molecule is CC(C)(C)OC(=O)C1(Cc2ccc(F)cc2)CC1. The molecule has 98 valence electrons. The number of benzene rings is 1. The lowest BCUT2D eigenvalue weighted by atomic mass is 9.96. The maximum atomic E-state index is 12.8. The number of halogens is 1.